The number of fused-ring (bicyclic) bond motifs is 2. The predicted octanol–water partition coefficient (Wildman–Crippen LogP) is 5.28. The number of nitrogens with one attached hydrogen (secondary N) is 1. The number of carbonyl (C=O) groups is 1. The summed E-state index contributed by atoms with van der Waals surface area (Å²) in [5, 5.41) is 0.988. The van der Waals surface area contributed by atoms with E-state index in [1.807, 2.05) is 50.6 Å². The second kappa shape index (κ2) is 10.5. The van der Waals surface area contributed by atoms with E-state index in [1.165, 1.54) is 11.3 Å². The van der Waals surface area contributed by atoms with Crippen LogP contribution >= 0.6 is 11.3 Å². The average Bonchev–Trinajstić information content (AvgIpc) is 3.60. The number of aromatic nitrogens is 4. The number of carbonyl (C=O) groups excluding carboxylic acids is 1. The molecule has 0 saturated carbocycles. The Labute approximate surface area is 230 Å². The van der Waals surface area contributed by atoms with Crippen LogP contribution in [-0.2, 0) is 6.42 Å². The van der Waals surface area contributed by atoms with Crippen molar-refractivity contribution in [3.05, 3.63) is 82.9 Å². The summed E-state index contributed by atoms with van der Waals surface area (Å²) in [7, 11) is 4.04. The van der Waals surface area contributed by atoms with Crippen LogP contribution < -0.4 is 4.74 Å². The zero-order valence-corrected chi connectivity index (χ0v) is 22.9. The molecule has 8 nitrogen and oxygen atoms in total. The number of hydrogen-bond donors (Lipinski definition) is 1. The van der Waals surface area contributed by atoms with Gasteiger partial charge in [-0.1, -0.05) is 6.07 Å². The number of Topliss-reactive ketones (excluding diaryl/α,β-unsaturated/α-hetero) is 1. The molecule has 0 spiro atoms. The van der Waals surface area contributed by atoms with Crippen LogP contribution in [0.5, 0.6) is 5.75 Å². The summed E-state index contributed by atoms with van der Waals surface area (Å²) in [5.41, 5.74) is 7.29. The van der Waals surface area contributed by atoms with Gasteiger partial charge in [0.05, 0.1) is 38.7 Å². The van der Waals surface area contributed by atoms with Gasteiger partial charge in [0.15, 0.2) is 5.78 Å². The lowest BCUT2D eigenvalue weighted by Gasteiger charge is -2.17. The summed E-state index contributed by atoms with van der Waals surface area (Å²) < 4.78 is 5.89. The van der Waals surface area contributed by atoms with Crippen molar-refractivity contribution in [2.75, 3.05) is 33.8 Å². The van der Waals surface area contributed by atoms with Crippen LogP contribution in [0, 0.1) is 0 Å². The summed E-state index contributed by atoms with van der Waals surface area (Å²) in [6, 6.07) is 14.0. The Kier molecular flexibility index (Phi) is 6.76. The highest BCUT2D eigenvalue weighted by atomic mass is 32.1. The molecular weight excluding hydrogens is 508 g/mol. The summed E-state index contributed by atoms with van der Waals surface area (Å²) in [4.78, 5) is 38.1. The number of ether oxygens (including phenoxy) is 1. The lowest BCUT2D eigenvalue weighted by Crippen LogP contribution is -2.19. The largest absolute Gasteiger partial charge is 0.491 e. The zero-order valence-electron chi connectivity index (χ0n) is 22.1. The highest BCUT2D eigenvalue weighted by Crippen LogP contribution is 2.34. The molecule has 0 unspecified atom stereocenters. The number of thiophene rings is 1. The summed E-state index contributed by atoms with van der Waals surface area (Å²) in [6.07, 6.45) is 6.17. The number of pyridine rings is 3. The molecule has 6 rings (SSSR count). The third-order valence-corrected chi connectivity index (χ3v) is 7.85. The zero-order chi connectivity index (χ0) is 26.9. The molecule has 0 aromatic carbocycles. The highest BCUT2D eigenvalue weighted by Gasteiger charge is 2.22. The van der Waals surface area contributed by atoms with E-state index in [-0.39, 0.29) is 5.78 Å². The Hall–Kier alpha value is -4.21. The number of nitrogens with zero attached hydrogens (tertiary/aromatic N) is 5. The first-order valence-corrected chi connectivity index (χ1v) is 13.6. The lowest BCUT2D eigenvalue weighted by molar-refractivity contribution is 0.102. The third-order valence-electron chi connectivity index (χ3n) is 6.66. The van der Waals surface area contributed by atoms with Gasteiger partial charge < -0.3 is 14.6 Å². The van der Waals surface area contributed by atoms with E-state index in [0.29, 0.717) is 13.2 Å². The second-order valence-corrected chi connectivity index (χ2v) is 10.9. The Balaban J connectivity index is 1.35. The molecule has 1 aliphatic rings. The Morgan fingerprint density at radius 3 is 2.82 bits per heavy atom. The molecule has 0 fully saturated rings. The standard InChI is InChI=1S/C30H28N6O2S/c1-18(37)26-6-7-27(39-26)29-22-15-25(34-24(22)9-11-32-29)30-28-19(8-10-33-30)4-5-23(35-28)20-14-21(17-31-16-20)38-13-12-36(2)3/h4-7,9,11,14-17,34H,8,10,12-13H2,1-3H3. The van der Waals surface area contributed by atoms with E-state index >= 15 is 0 Å². The van der Waals surface area contributed by atoms with E-state index in [2.05, 4.69) is 32.0 Å². The molecule has 0 atom stereocenters. The molecule has 1 N–H and O–H groups in total. The number of H-pyrrole nitrogens is 1. The van der Waals surface area contributed by atoms with Gasteiger partial charge in [0, 0.05) is 41.9 Å². The van der Waals surface area contributed by atoms with E-state index in [9.17, 15) is 4.79 Å². The minimum Gasteiger partial charge on any atom is -0.491 e. The van der Waals surface area contributed by atoms with Gasteiger partial charge >= 0.3 is 0 Å². The van der Waals surface area contributed by atoms with Gasteiger partial charge in [0.2, 0.25) is 0 Å². The second-order valence-electron chi connectivity index (χ2n) is 9.77. The van der Waals surface area contributed by atoms with E-state index in [1.54, 1.807) is 19.3 Å². The van der Waals surface area contributed by atoms with Crippen LogP contribution in [0.1, 0.15) is 33.5 Å². The Bertz CT molecular complexity index is 1720. The fourth-order valence-corrected chi connectivity index (χ4v) is 5.56. The molecule has 196 valence electrons. The molecule has 0 radical (unpaired) electrons. The van der Waals surface area contributed by atoms with Gasteiger partial charge in [-0.2, -0.15) is 0 Å². The molecule has 0 saturated heterocycles. The highest BCUT2D eigenvalue weighted by molar-refractivity contribution is 7.17. The number of aliphatic imine (C=N–C) groups is 1. The topological polar surface area (TPSA) is 96.4 Å². The molecule has 0 bridgehead atoms. The number of rotatable bonds is 8. The molecule has 5 aromatic rings. The quantitative estimate of drug-likeness (QED) is 0.271. The van der Waals surface area contributed by atoms with Crippen molar-refractivity contribution in [1.82, 2.24) is 24.8 Å². The summed E-state index contributed by atoms with van der Waals surface area (Å²) >= 11 is 1.46. The smallest absolute Gasteiger partial charge is 0.169 e. The first kappa shape index (κ1) is 25.1. The summed E-state index contributed by atoms with van der Waals surface area (Å²) in [6.45, 7) is 3.70. The molecule has 0 aliphatic carbocycles. The minimum atomic E-state index is 0.0593. The number of aromatic amines is 1. The fraction of sp³-hybridized carbons (Fsp3) is 0.233. The van der Waals surface area contributed by atoms with Crippen molar-refractivity contribution in [2.24, 2.45) is 4.99 Å². The van der Waals surface area contributed by atoms with Crippen LogP contribution in [0.2, 0.25) is 0 Å². The monoisotopic (exact) mass is 536 g/mol. The van der Waals surface area contributed by atoms with E-state index < -0.39 is 0 Å². The molecule has 9 heteroatoms. The fourth-order valence-electron chi connectivity index (χ4n) is 4.65. The molecule has 0 amide bonds. The van der Waals surface area contributed by atoms with Crippen molar-refractivity contribution in [3.63, 3.8) is 0 Å². The number of likely N-dealkylation sites (N-methyl/N-ethyl adjacent to an activating group) is 1. The molecular formula is C30H28N6O2S. The van der Waals surface area contributed by atoms with Gasteiger partial charge in [-0.15, -0.1) is 11.3 Å². The molecule has 1 aliphatic heterocycles. The number of ketones is 1. The van der Waals surface area contributed by atoms with Crippen molar-refractivity contribution in [2.45, 2.75) is 13.3 Å². The summed E-state index contributed by atoms with van der Waals surface area (Å²) in [5.74, 6) is 0.781. The first-order chi connectivity index (χ1) is 19.0. The van der Waals surface area contributed by atoms with Crippen molar-refractivity contribution >= 4 is 33.7 Å². The van der Waals surface area contributed by atoms with Gasteiger partial charge in [-0.05, 0) is 69.4 Å². The van der Waals surface area contributed by atoms with Crippen LogP contribution in [0.3, 0.4) is 0 Å². The lowest BCUT2D eigenvalue weighted by atomic mass is 9.99. The van der Waals surface area contributed by atoms with E-state index in [4.69, 9.17) is 14.7 Å². The van der Waals surface area contributed by atoms with Gasteiger partial charge in [-0.25, -0.2) is 4.98 Å². The predicted molar refractivity (Wildman–Crippen MR) is 155 cm³/mol. The molecule has 39 heavy (non-hydrogen) atoms. The maximum atomic E-state index is 11.8. The third kappa shape index (κ3) is 5.10. The average molecular weight is 537 g/mol. The van der Waals surface area contributed by atoms with Gasteiger partial charge in [-0.3, -0.25) is 19.8 Å². The van der Waals surface area contributed by atoms with Crippen molar-refractivity contribution in [1.29, 1.82) is 0 Å². The van der Waals surface area contributed by atoms with Crippen LogP contribution in [0.4, 0.5) is 0 Å². The minimum absolute atomic E-state index is 0.0593. The normalized spacial score (nSPS) is 13.0. The molecule has 6 heterocycles. The SMILES string of the molecule is CC(=O)c1ccc(-c2nccc3[nH]c(C4=NCCc5ccc(-c6cncc(OCCN(C)C)c6)nc54)cc23)s1. The maximum absolute atomic E-state index is 11.8. The number of hydrogen-bond acceptors (Lipinski definition) is 8. The van der Waals surface area contributed by atoms with Gasteiger partial charge in [0.1, 0.15) is 18.1 Å². The van der Waals surface area contributed by atoms with E-state index in [0.717, 1.165) is 79.0 Å². The van der Waals surface area contributed by atoms with Crippen molar-refractivity contribution < 1.29 is 9.53 Å². The Morgan fingerprint density at radius 2 is 2.00 bits per heavy atom. The van der Waals surface area contributed by atoms with Gasteiger partial charge in [0.25, 0.3) is 0 Å². The van der Waals surface area contributed by atoms with Crippen molar-refractivity contribution in [3.8, 4) is 27.6 Å². The van der Waals surface area contributed by atoms with Crippen LogP contribution in [-0.4, -0.2) is 70.1 Å². The van der Waals surface area contributed by atoms with Crippen LogP contribution in [0.25, 0.3) is 32.7 Å². The Morgan fingerprint density at radius 1 is 1.10 bits per heavy atom. The van der Waals surface area contributed by atoms with Crippen LogP contribution in [0.15, 0.2) is 66.0 Å². The maximum Gasteiger partial charge on any atom is 0.169 e. The first-order valence-electron chi connectivity index (χ1n) is 12.8. The molecule has 5 aromatic heterocycles.